The lowest BCUT2D eigenvalue weighted by Crippen LogP contribution is -2.15. The monoisotopic (exact) mass is 420 g/mol. The summed E-state index contributed by atoms with van der Waals surface area (Å²) in [5.74, 6) is 0.622. The standard InChI is InChI=1S/C17H17BrN4O2S/c18-12-6-7-14-11(8-16(23)24-15(14)9-12)10-25-17-19-20-21-22(17)13-4-2-1-3-5-13/h6-9,13H,1-5,10H2. The van der Waals surface area contributed by atoms with Gasteiger partial charge in [0.15, 0.2) is 0 Å². The molecule has 1 saturated carbocycles. The van der Waals surface area contributed by atoms with Crippen molar-refractivity contribution in [2.45, 2.75) is 49.1 Å². The lowest BCUT2D eigenvalue weighted by molar-refractivity contribution is 0.307. The largest absolute Gasteiger partial charge is 0.423 e. The maximum atomic E-state index is 11.9. The van der Waals surface area contributed by atoms with Gasteiger partial charge in [-0.2, -0.15) is 0 Å². The van der Waals surface area contributed by atoms with Crippen LogP contribution in [-0.2, 0) is 5.75 Å². The first kappa shape index (κ1) is 16.8. The zero-order valence-corrected chi connectivity index (χ0v) is 15.9. The molecule has 0 aliphatic heterocycles. The summed E-state index contributed by atoms with van der Waals surface area (Å²) in [7, 11) is 0. The molecule has 1 aliphatic rings. The Labute approximate surface area is 157 Å². The van der Waals surface area contributed by atoms with Crippen LogP contribution in [0.3, 0.4) is 0 Å². The van der Waals surface area contributed by atoms with E-state index in [0.29, 0.717) is 17.4 Å². The Hall–Kier alpha value is -1.67. The molecule has 2 heterocycles. The summed E-state index contributed by atoms with van der Waals surface area (Å²) in [6.07, 6.45) is 6.01. The molecule has 6 nitrogen and oxygen atoms in total. The van der Waals surface area contributed by atoms with Crippen LogP contribution in [0.2, 0.25) is 0 Å². The fraction of sp³-hybridized carbons (Fsp3) is 0.412. The summed E-state index contributed by atoms with van der Waals surface area (Å²) < 4.78 is 8.13. The van der Waals surface area contributed by atoms with Crippen LogP contribution in [0.15, 0.2) is 43.1 Å². The number of nitrogens with zero attached hydrogens (tertiary/aromatic N) is 4. The van der Waals surface area contributed by atoms with Gasteiger partial charge in [0.2, 0.25) is 5.16 Å². The van der Waals surface area contributed by atoms with Crippen LogP contribution in [0.4, 0.5) is 0 Å². The molecule has 130 valence electrons. The van der Waals surface area contributed by atoms with E-state index in [9.17, 15) is 4.79 Å². The van der Waals surface area contributed by atoms with Crippen LogP contribution in [0.5, 0.6) is 0 Å². The molecule has 0 atom stereocenters. The minimum Gasteiger partial charge on any atom is -0.423 e. The second-order valence-electron chi connectivity index (χ2n) is 6.22. The van der Waals surface area contributed by atoms with Crippen LogP contribution in [0, 0.1) is 0 Å². The molecule has 0 bridgehead atoms. The van der Waals surface area contributed by atoms with Gasteiger partial charge >= 0.3 is 5.63 Å². The molecule has 3 aromatic rings. The molecular weight excluding hydrogens is 404 g/mol. The van der Waals surface area contributed by atoms with Crippen molar-refractivity contribution in [2.75, 3.05) is 0 Å². The zero-order chi connectivity index (χ0) is 17.2. The summed E-state index contributed by atoms with van der Waals surface area (Å²) >= 11 is 4.97. The summed E-state index contributed by atoms with van der Waals surface area (Å²) in [5, 5.41) is 14.0. The van der Waals surface area contributed by atoms with Crippen molar-refractivity contribution in [2.24, 2.45) is 0 Å². The molecule has 0 amide bonds. The Balaban J connectivity index is 1.59. The Kier molecular flexibility index (Phi) is 4.89. The number of hydrogen-bond donors (Lipinski definition) is 0. The predicted octanol–water partition coefficient (Wildman–Crippen LogP) is 4.34. The van der Waals surface area contributed by atoms with Crippen LogP contribution < -0.4 is 5.63 Å². The Morgan fingerprint density at radius 2 is 2.08 bits per heavy atom. The third-order valence-electron chi connectivity index (χ3n) is 4.53. The molecule has 0 radical (unpaired) electrons. The van der Waals surface area contributed by atoms with Gasteiger partial charge in [0.05, 0.1) is 6.04 Å². The molecule has 2 aromatic heterocycles. The maximum absolute atomic E-state index is 11.9. The second kappa shape index (κ2) is 7.29. The van der Waals surface area contributed by atoms with E-state index in [1.165, 1.54) is 19.3 Å². The number of rotatable bonds is 4. The third-order valence-corrected chi connectivity index (χ3v) is 6.01. The van der Waals surface area contributed by atoms with E-state index in [1.807, 2.05) is 22.9 Å². The topological polar surface area (TPSA) is 73.8 Å². The molecule has 8 heteroatoms. The number of tetrazole rings is 1. The molecule has 0 saturated heterocycles. The minimum atomic E-state index is -0.340. The molecule has 0 spiro atoms. The summed E-state index contributed by atoms with van der Waals surface area (Å²) in [4.78, 5) is 11.9. The second-order valence-corrected chi connectivity index (χ2v) is 8.08. The normalized spacial score (nSPS) is 15.7. The number of halogens is 1. The van der Waals surface area contributed by atoms with Gasteiger partial charge in [-0.3, -0.25) is 0 Å². The van der Waals surface area contributed by atoms with Gasteiger partial charge < -0.3 is 4.42 Å². The van der Waals surface area contributed by atoms with E-state index in [1.54, 1.807) is 17.8 Å². The third kappa shape index (κ3) is 3.64. The number of aromatic nitrogens is 4. The highest BCUT2D eigenvalue weighted by molar-refractivity contribution is 9.10. The first-order valence-electron chi connectivity index (χ1n) is 8.34. The van der Waals surface area contributed by atoms with E-state index >= 15 is 0 Å². The van der Waals surface area contributed by atoms with Crippen molar-refractivity contribution in [1.29, 1.82) is 0 Å². The maximum Gasteiger partial charge on any atom is 0.336 e. The highest BCUT2D eigenvalue weighted by Gasteiger charge is 2.20. The first-order chi connectivity index (χ1) is 12.2. The Bertz CT molecular complexity index is 949. The number of benzene rings is 1. The van der Waals surface area contributed by atoms with Crippen molar-refractivity contribution in [1.82, 2.24) is 20.2 Å². The lowest BCUT2D eigenvalue weighted by atomic mass is 9.96. The molecule has 0 unspecified atom stereocenters. The molecule has 0 N–H and O–H groups in total. The average Bonchev–Trinajstić information content (AvgIpc) is 3.08. The minimum absolute atomic E-state index is 0.340. The summed E-state index contributed by atoms with van der Waals surface area (Å²) in [6, 6.07) is 7.67. The van der Waals surface area contributed by atoms with E-state index in [2.05, 4.69) is 31.5 Å². The van der Waals surface area contributed by atoms with Gasteiger partial charge in [-0.25, -0.2) is 9.48 Å². The van der Waals surface area contributed by atoms with Gasteiger partial charge in [-0.1, -0.05) is 47.0 Å². The molecule has 1 fully saturated rings. The van der Waals surface area contributed by atoms with Gasteiger partial charge in [0.25, 0.3) is 0 Å². The predicted molar refractivity (Wildman–Crippen MR) is 99.7 cm³/mol. The molecule has 1 aliphatic carbocycles. The highest BCUT2D eigenvalue weighted by atomic mass is 79.9. The Morgan fingerprint density at radius 1 is 1.24 bits per heavy atom. The van der Waals surface area contributed by atoms with Crippen LogP contribution >= 0.6 is 27.7 Å². The highest BCUT2D eigenvalue weighted by Crippen LogP contribution is 2.32. The van der Waals surface area contributed by atoms with E-state index < -0.39 is 0 Å². The van der Waals surface area contributed by atoms with Crippen molar-refractivity contribution >= 4 is 38.7 Å². The van der Waals surface area contributed by atoms with Gasteiger partial charge in [0.1, 0.15) is 5.58 Å². The van der Waals surface area contributed by atoms with E-state index in [-0.39, 0.29) is 5.63 Å². The quantitative estimate of drug-likeness (QED) is 0.461. The zero-order valence-electron chi connectivity index (χ0n) is 13.5. The molecule has 4 rings (SSSR count). The van der Waals surface area contributed by atoms with Gasteiger partial charge in [0, 0.05) is 21.7 Å². The van der Waals surface area contributed by atoms with Gasteiger partial charge in [-0.15, -0.1) is 5.10 Å². The van der Waals surface area contributed by atoms with Crippen LogP contribution in [-0.4, -0.2) is 20.2 Å². The fourth-order valence-electron chi connectivity index (χ4n) is 3.30. The van der Waals surface area contributed by atoms with Crippen molar-refractivity contribution < 1.29 is 4.42 Å². The van der Waals surface area contributed by atoms with Crippen LogP contribution in [0.1, 0.15) is 43.7 Å². The fourth-order valence-corrected chi connectivity index (χ4v) is 4.58. The smallest absolute Gasteiger partial charge is 0.336 e. The number of hydrogen-bond acceptors (Lipinski definition) is 6. The van der Waals surface area contributed by atoms with Crippen LogP contribution in [0.25, 0.3) is 11.0 Å². The molecule has 25 heavy (non-hydrogen) atoms. The number of fused-ring (bicyclic) bond motifs is 1. The first-order valence-corrected chi connectivity index (χ1v) is 10.1. The van der Waals surface area contributed by atoms with Crippen molar-refractivity contribution in [3.05, 3.63) is 44.7 Å². The summed E-state index contributed by atoms with van der Waals surface area (Å²) in [6.45, 7) is 0. The van der Waals surface area contributed by atoms with E-state index in [0.717, 1.165) is 33.4 Å². The molecular formula is C17H17BrN4O2S. The summed E-state index contributed by atoms with van der Waals surface area (Å²) in [5.41, 5.74) is 1.18. The van der Waals surface area contributed by atoms with Gasteiger partial charge in [-0.05, 0) is 47.0 Å². The Morgan fingerprint density at radius 3 is 2.92 bits per heavy atom. The van der Waals surface area contributed by atoms with Crippen molar-refractivity contribution in [3.63, 3.8) is 0 Å². The molecule has 1 aromatic carbocycles. The number of thioether (sulfide) groups is 1. The van der Waals surface area contributed by atoms with E-state index in [4.69, 9.17) is 4.42 Å². The lowest BCUT2D eigenvalue weighted by Gasteiger charge is -2.22. The van der Waals surface area contributed by atoms with Crippen molar-refractivity contribution in [3.8, 4) is 0 Å². The average molecular weight is 421 g/mol. The SMILES string of the molecule is O=c1cc(CSc2nnnn2C2CCCCC2)c2ccc(Br)cc2o1.